The number of fused-ring (bicyclic) bond motifs is 1. The lowest BCUT2D eigenvalue weighted by atomic mass is 10.1. The minimum absolute atomic E-state index is 0.122. The van der Waals surface area contributed by atoms with E-state index in [4.69, 9.17) is 0 Å². The largest absolute Gasteiger partial charge is 0.368 e. The second-order valence-electron chi connectivity index (χ2n) is 3.10. The highest BCUT2D eigenvalue weighted by Crippen LogP contribution is 2.25. The topological polar surface area (TPSA) is 46.2 Å². The molecule has 3 heteroatoms. The molecule has 2 rings (SSSR count). The number of hydrogen-bond acceptors (Lipinski definition) is 3. The van der Waals surface area contributed by atoms with Crippen LogP contribution in [0.4, 0.5) is 5.69 Å². The molecule has 0 aliphatic carbocycles. The van der Waals surface area contributed by atoms with Crippen molar-refractivity contribution in [3.8, 4) is 0 Å². The summed E-state index contributed by atoms with van der Waals surface area (Å²) in [6.07, 6.45) is 0. The van der Waals surface area contributed by atoms with Crippen LogP contribution in [0.25, 0.3) is 0 Å². The van der Waals surface area contributed by atoms with Crippen LogP contribution in [0.15, 0.2) is 24.3 Å². The van der Waals surface area contributed by atoms with E-state index in [1.54, 1.807) is 18.2 Å². The van der Waals surface area contributed by atoms with Crippen molar-refractivity contribution in [1.29, 1.82) is 0 Å². The quantitative estimate of drug-likeness (QED) is 0.653. The van der Waals surface area contributed by atoms with Gasteiger partial charge in [0.2, 0.25) is 0 Å². The van der Waals surface area contributed by atoms with Crippen LogP contribution in [0.5, 0.6) is 0 Å². The third kappa shape index (κ3) is 1.13. The maximum atomic E-state index is 11.6. The maximum absolute atomic E-state index is 11.6. The summed E-state index contributed by atoms with van der Waals surface area (Å²) in [4.78, 5) is 22.6. The number of benzene rings is 1. The molecule has 0 aromatic heterocycles. The Hall–Kier alpha value is -1.64. The number of Topliss-reactive ketones (excluding diaryl/α,β-unsaturated/α-hetero) is 2. The van der Waals surface area contributed by atoms with Crippen molar-refractivity contribution >= 4 is 17.3 Å². The van der Waals surface area contributed by atoms with Crippen molar-refractivity contribution < 1.29 is 9.59 Å². The molecule has 0 amide bonds. The van der Waals surface area contributed by atoms with E-state index in [1.165, 1.54) is 6.92 Å². The van der Waals surface area contributed by atoms with Gasteiger partial charge in [-0.25, -0.2) is 0 Å². The minimum atomic E-state index is -0.669. The summed E-state index contributed by atoms with van der Waals surface area (Å²) in [6.45, 7) is 1.42. The number of para-hydroxylation sites is 1. The van der Waals surface area contributed by atoms with E-state index in [1.807, 2.05) is 6.07 Å². The Morgan fingerprint density at radius 1 is 1.38 bits per heavy atom. The predicted molar refractivity (Wildman–Crippen MR) is 48.9 cm³/mol. The molecule has 1 heterocycles. The highest BCUT2D eigenvalue weighted by molar-refractivity contribution is 6.21. The van der Waals surface area contributed by atoms with E-state index in [0.717, 1.165) is 5.69 Å². The van der Waals surface area contributed by atoms with Crippen LogP contribution >= 0.6 is 0 Å². The predicted octanol–water partition coefficient (Wildman–Crippen LogP) is 1.25. The molecule has 0 radical (unpaired) electrons. The monoisotopic (exact) mass is 175 g/mol. The standard InChI is InChI=1S/C10H9NO2/c1-6(12)9-10(13)7-4-2-3-5-8(7)11-9/h2-5,9,11H,1H3. The lowest BCUT2D eigenvalue weighted by Gasteiger charge is -2.03. The van der Waals surface area contributed by atoms with Crippen LogP contribution in [-0.2, 0) is 4.79 Å². The molecule has 13 heavy (non-hydrogen) atoms. The zero-order valence-corrected chi connectivity index (χ0v) is 7.20. The molecular weight excluding hydrogens is 166 g/mol. The minimum Gasteiger partial charge on any atom is -0.368 e. The van der Waals surface area contributed by atoms with Crippen LogP contribution in [0.3, 0.4) is 0 Å². The second kappa shape index (κ2) is 2.69. The zero-order chi connectivity index (χ0) is 9.42. The third-order valence-electron chi connectivity index (χ3n) is 2.16. The Bertz CT molecular complexity index is 384. The molecule has 0 saturated heterocycles. The Labute approximate surface area is 75.8 Å². The summed E-state index contributed by atoms with van der Waals surface area (Å²) in [7, 11) is 0. The first-order valence-electron chi connectivity index (χ1n) is 4.10. The Kier molecular flexibility index (Phi) is 1.65. The molecule has 1 aromatic rings. The molecule has 0 fully saturated rings. The van der Waals surface area contributed by atoms with E-state index in [9.17, 15) is 9.59 Å². The molecule has 0 bridgehead atoms. The Morgan fingerprint density at radius 3 is 2.69 bits per heavy atom. The molecule has 1 unspecified atom stereocenters. The SMILES string of the molecule is CC(=O)C1Nc2ccccc2C1=O. The van der Waals surface area contributed by atoms with E-state index >= 15 is 0 Å². The summed E-state index contributed by atoms with van der Waals surface area (Å²) in [5, 5.41) is 2.88. The van der Waals surface area contributed by atoms with Crippen molar-refractivity contribution in [3.63, 3.8) is 0 Å². The number of hydrogen-bond donors (Lipinski definition) is 1. The first-order chi connectivity index (χ1) is 6.20. The molecule has 1 N–H and O–H groups in total. The fourth-order valence-corrected chi connectivity index (χ4v) is 1.49. The van der Waals surface area contributed by atoms with E-state index in [2.05, 4.69) is 5.32 Å². The van der Waals surface area contributed by atoms with Crippen LogP contribution in [0, 0.1) is 0 Å². The Balaban J connectivity index is 2.44. The average molecular weight is 175 g/mol. The molecule has 1 aliphatic heterocycles. The molecule has 1 aliphatic rings. The summed E-state index contributed by atoms with van der Waals surface area (Å²) in [5.41, 5.74) is 1.37. The Morgan fingerprint density at radius 2 is 2.08 bits per heavy atom. The van der Waals surface area contributed by atoms with Gasteiger partial charge in [0, 0.05) is 11.3 Å². The lowest BCUT2D eigenvalue weighted by molar-refractivity contribution is -0.116. The van der Waals surface area contributed by atoms with Crippen molar-refractivity contribution in [2.45, 2.75) is 13.0 Å². The van der Waals surface area contributed by atoms with Gasteiger partial charge in [-0.15, -0.1) is 0 Å². The van der Waals surface area contributed by atoms with E-state index < -0.39 is 6.04 Å². The molecule has 3 nitrogen and oxygen atoms in total. The van der Waals surface area contributed by atoms with Gasteiger partial charge in [0.1, 0.15) is 6.04 Å². The van der Waals surface area contributed by atoms with Gasteiger partial charge >= 0.3 is 0 Å². The zero-order valence-electron chi connectivity index (χ0n) is 7.20. The number of nitrogens with one attached hydrogen (secondary N) is 1. The first-order valence-corrected chi connectivity index (χ1v) is 4.10. The van der Waals surface area contributed by atoms with Gasteiger partial charge in [-0.05, 0) is 19.1 Å². The summed E-state index contributed by atoms with van der Waals surface area (Å²) >= 11 is 0. The van der Waals surface area contributed by atoms with Crippen LogP contribution in [0.1, 0.15) is 17.3 Å². The number of carbonyl (C=O) groups excluding carboxylic acids is 2. The fraction of sp³-hybridized carbons (Fsp3) is 0.200. The van der Waals surface area contributed by atoms with Crippen molar-refractivity contribution in [2.24, 2.45) is 0 Å². The van der Waals surface area contributed by atoms with Crippen molar-refractivity contribution in [3.05, 3.63) is 29.8 Å². The maximum Gasteiger partial charge on any atom is 0.194 e. The summed E-state index contributed by atoms with van der Waals surface area (Å²) < 4.78 is 0. The van der Waals surface area contributed by atoms with Gasteiger partial charge in [0.25, 0.3) is 0 Å². The van der Waals surface area contributed by atoms with Gasteiger partial charge in [0.15, 0.2) is 11.6 Å². The van der Waals surface area contributed by atoms with Gasteiger partial charge in [-0.1, -0.05) is 12.1 Å². The smallest absolute Gasteiger partial charge is 0.194 e. The lowest BCUT2D eigenvalue weighted by Crippen LogP contribution is -2.29. The summed E-state index contributed by atoms with van der Waals surface area (Å²) in [6, 6.07) is 6.49. The molecule has 66 valence electrons. The average Bonchev–Trinajstić information content (AvgIpc) is 2.45. The van der Waals surface area contributed by atoms with Crippen LogP contribution in [-0.4, -0.2) is 17.6 Å². The third-order valence-corrected chi connectivity index (χ3v) is 2.16. The van der Waals surface area contributed by atoms with E-state index in [-0.39, 0.29) is 11.6 Å². The number of carbonyl (C=O) groups is 2. The van der Waals surface area contributed by atoms with Crippen molar-refractivity contribution in [2.75, 3.05) is 5.32 Å². The number of anilines is 1. The molecule has 0 saturated carbocycles. The van der Waals surface area contributed by atoms with Crippen LogP contribution in [0.2, 0.25) is 0 Å². The van der Waals surface area contributed by atoms with Crippen molar-refractivity contribution in [1.82, 2.24) is 0 Å². The van der Waals surface area contributed by atoms with Gasteiger partial charge in [-0.3, -0.25) is 9.59 Å². The molecule has 0 spiro atoms. The van der Waals surface area contributed by atoms with Gasteiger partial charge in [-0.2, -0.15) is 0 Å². The van der Waals surface area contributed by atoms with E-state index in [0.29, 0.717) is 5.56 Å². The summed E-state index contributed by atoms with van der Waals surface area (Å²) in [5.74, 6) is -0.260. The normalized spacial score (nSPS) is 19.5. The van der Waals surface area contributed by atoms with Gasteiger partial charge in [0.05, 0.1) is 0 Å². The molecule has 1 atom stereocenters. The highest BCUT2D eigenvalue weighted by atomic mass is 16.2. The van der Waals surface area contributed by atoms with Crippen LogP contribution < -0.4 is 5.32 Å². The molecule has 1 aromatic carbocycles. The number of rotatable bonds is 1. The fourth-order valence-electron chi connectivity index (χ4n) is 1.49. The first kappa shape index (κ1) is 7.98. The highest BCUT2D eigenvalue weighted by Gasteiger charge is 2.32. The second-order valence-corrected chi connectivity index (χ2v) is 3.10. The van der Waals surface area contributed by atoms with Gasteiger partial charge < -0.3 is 5.32 Å². The number of ketones is 2. The molecular formula is C10H9NO2.